The lowest BCUT2D eigenvalue weighted by Gasteiger charge is -2.17. The second kappa shape index (κ2) is 5.99. The fourth-order valence-corrected chi connectivity index (χ4v) is 1.58. The second-order valence-electron chi connectivity index (χ2n) is 3.99. The van der Waals surface area contributed by atoms with Crippen LogP contribution in [0.3, 0.4) is 0 Å². The Morgan fingerprint density at radius 2 is 2.07 bits per heavy atom. The predicted octanol–water partition coefficient (Wildman–Crippen LogP) is 3.11. The van der Waals surface area contributed by atoms with Crippen LogP contribution in [0.15, 0.2) is 24.3 Å². The molecule has 0 aliphatic heterocycles. The summed E-state index contributed by atoms with van der Waals surface area (Å²) in [4.78, 5) is 0. The van der Waals surface area contributed by atoms with Gasteiger partial charge in [-0.25, -0.2) is 0 Å². The molecule has 1 rings (SSSR count). The molecule has 0 unspecified atom stereocenters. The van der Waals surface area contributed by atoms with Crippen LogP contribution in [-0.4, -0.2) is 18.7 Å². The highest BCUT2D eigenvalue weighted by Gasteiger charge is 2.04. The minimum atomic E-state index is 0.337. The van der Waals surface area contributed by atoms with E-state index in [9.17, 15) is 0 Å². The molecule has 0 aromatic heterocycles. The van der Waals surface area contributed by atoms with E-state index in [1.165, 1.54) is 0 Å². The van der Waals surface area contributed by atoms with Crippen LogP contribution >= 0.6 is 11.6 Å². The number of nitrogens with one attached hydrogen (secondary N) is 1. The summed E-state index contributed by atoms with van der Waals surface area (Å²) in [6.07, 6.45) is 0. The molecule has 1 aromatic carbocycles. The predicted molar refractivity (Wildman–Crippen MR) is 64.7 cm³/mol. The normalized spacial score (nSPS) is 12.9. The minimum Gasteiger partial charge on any atom is -0.492 e. The largest absolute Gasteiger partial charge is 0.492 e. The molecule has 0 spiro atoms. The number of hydrogen-bond acceptors (Lipinski definition) is 2. The molecule has 0 amide bonds. The lowest BCUT2D eigenvalue weighted by atomic mass is 10.3. The summed E-state index contributed by atoms with van der Waals surface area (Å²) in [6.45, 7) is 6.99. The molecule has 3 heteroatoms. The average Bonchev–Trinajstić information content (AvgIpc) is 2.14. The van der Waals surface area contributed by atoms with Gasteiger partial charge in [-0.3, -0.25) is 0 Å². The Morgan fingerprint density at radius 3 is 2.67 bits per heavy atom. The molecule has 0 bridgehead atoms. The molecule has 0 saturated heterocycles. The number of halogens is 1. The van der Waals surface area contributed by atoms with Crippen molar-refractivity contribution in [3.05, 3.63) is 29.3 Å². The zero-order valence-corrected chi connectivity index (χ0v) is 10.2. The fraction of sp³-hybridized carbons (Fsp3) is 0.500. The number of ether oxygens (including phenoxy) is 1. The van der Waals surface area contributed by atoms with Gasteiger partial charge in [0, 0.05) is 17.1 Å². The van der Waals surface area contributed by atoms with E-state index in [-0.39, 0.29) is 0 Å². The molecule has 1 atom stereocenters. The molecule has 0 aliphatic rings. The van der Waals surface area contributed by atoms with Crippen molar-refractivity contribution < 1.29 is 4.74 Å². The zero-order valence-electron chi connectivity index (χ0n) is 9.46. The average molecular weight is 228 g/mol. The first-order chi connectivity index (χ1) is 7.08. The van der Waals surface area contributed by atoms with Gasteiger partial charge in [-0.15, -0.1) is 0 Å². The van der Waals surface area contributed by atoms with Gasteiger partial charge in [-0.05, 0) is 25.1 Å². The minimum absolute atomic E-state index is 0.337. The highest BCUT2D eigenvalue weighted by Crippen LogP contribution is 2.17. The van der Waals surface area contributed by atoms with Crippen molar-refractivity contribution in [1.82, 2.24) is 5.32 Å². The maximum atomic E-state index is 5.85. The van der Waals surface area contributed by atoms with Crippen molar-refractivity contribution in [3.8, 4) is 5.75 Å². The van der Waals surface area contributed by atoms with Gasteiger partial charge in [0.1, 0.15) is 12.4 Å². The Balaban J connectivity index is 2.36. The van der Waals surface area contributed by atoms with Crippen LogP contribution in [0.25, 0.3) is 0 Å². The molecule has 0 radical (unpaired) electrons. The number of rotatable bonds is 5. The van der Waals surface area contributed by atoms with Gasteiger partial charge >= 0.3 is 0 Å². The van der Waals surface area contributed by atoms with Crippen molar-refractivity contribution >= 4 is 11.6 Å². The van der Waals surface area contributed by atoms with E-state index < -0.39 is 0 Å². The van der Waals surface area contributed by atoms with E-state index in [4.69, 9.17) is 16.3 Å². The van der Waals surface area contributed by atoms with Crippen molar-refractivity contribution in [1.29, 1.82) is 0 Å². The Labute approximate surface area is 96.6 Å². The van der Waals surface area contributed by atoms with Crippen molar-refractivity contribution in [3.63, 3.8) is 0 Å². The summed E-state index contributed by atoms with van der Waals surface area (Å²) >= 11 is 5.85. The van der Waals surface area contributed by atoms with E-state index in [0.29, 0.717) is 23.7 Å². The third-order valence-corrected chi connectivity index (χ3v) is 2.15. The Kier molecular flexibility index (Phi) is 4.92. The van der Waals surface area contributed by atoms with E-state index >= 15 is 0 Å². The van der Waals surface area contributed by atoms with Gasteiger partial charge in [-0.1, -0.05) is 31.5 Å². The van der Waals surface area contributed by atoms with Gasteiger partial charge in [0.15, 0.2) is 0 Å². The van der Waals surface area contributed by atoms with Crippen LogP contribution in [0.2, 0.25) is 5.02 Å². The Bertz CT molecular complexity index is 301. The Morgan fingerprint density at radius 1 is 1.33 bits per heavy atom. The maximum Gasteiger partial charge on any atom is 0.120 e. The van der Waals surface area contributed by atoms with Crippen LogP contribution in [0.5, 0.6) is 5.75 Å². The van der Waals surface area contributed by atoms with E-state index in [0.717, 1.165) is 5.75 Å². The summed E-state index contributed by atoms with van der Waals surface area (Å²) < 4.78 is 5.60. The molecule has 1 aromatic rings. The number of hydrogen-bond donors (Lipinski definition) is 1. The van der Waals surface area contributed by atoms with Crippen LogP contribution in [0.4, 0.5) is 0 Å². The van der Waals surface area contributed by atoms with Crippen molar-refractivity contribution in [2.75, 3.05) is 6.61 Å². The number of benzene rings is 1. The maximum absolute atomic E-state index is 5.85. The lowest BCUT2D eigenvalue weighted by molar-refractivity contribution is 0.266. The van der Waals surface area contributed by atoms with Crippen LogP contribution < -0.4 is 10.1 Å². The molecule has 1 N–H and O–H groups in total. The van der Waals surface area contributed by atoms with E-state index in [2.05, 4.69) is 26.1 Å². The van der Waals surface area contributed by atoms with Crippen molar-refractivity contribution in [2.24, 2.45) is 0 Å². The highest BCUT2D eigenvalue weighted by atomic mass is 35.5. The van der Waals surface area contributed by atoms with Gasteiger partial charge < -0.3 is 10.1 Å². The molecule has 0 saturated carbocycles. The first-order valence-corrected chi connectivity index (χ1v) is 5.60. The highest BCUT2D eigenvalue weighted by molar-refractivity contribution is 6.30. The first kappa shape index (κ1) is 12.3. The van der Waals surface area contributed by atoms with Crippen LogP contribution in [0.1, 0.15) is 20.8 Å². The molecule has 15 heavy (non-hydrogen) atoms. The molecular weight excluding hydrogens is 210 g/mol. The van der Waals surface area contributed by atoms with E-state index in [1.54, 1.807) is 0 Å². The molecule has 0 heterocycles. The summed E-state index contributed by atoms with van der Waals surface area (Å²) in [6, 6.07) is 8.27. The topological polar surface area (TPSA) is 21.3 Å². The standard InChI is InChI=1S/C12H18ClNO/c1-9(2)14-10(3)8-15-12-6-4-5-11(13)7-12/h4-7,9-10,14H,8H2,1-3H3/t10-/m1/s1. The van der Waals surface area contributed by atoms with Gasteiger partial charge in [0.05, 0.1) is 0 Å². The first-order valence-electron chi connectivity index (χ1n) is 5.22. The third-order valence-electron chi connectivity index (χ3n) is 1.91. The molecule has 2 nitrogen and oxygen atoms in total. The molecule has 84 valence electrons. The smallest absolute Gasteiger partial charge is 0.120 e. The summed E-state index contributed by atoms with van der Waals surface area (Å²) in [7, 11) is 0. The second-order valence-corrected chi connectivity index (χ2v) is 4.43. The van der Waals surface area contributed by atoms with Gasteiger partial charge in [0.2, 0.25) is 0 Å². The zero-order chi connectivity index (χ0) is 11.3. The van der Waals surface area contributed by atoms with Crippen molar-refractivity contribution in [2.45, 2.75) is 32.9 Å². The van der Waals surface area contributed by atoms with Gasteiger partial charge in [-0.2, -0.15) is 0 Å². The van der Waals surface area contributed by atoms with E-state index in [1.807, 2.05) is 24.3 Å². The quantitative estimate of drug-likeness (QED) is 0.835. The third kappa shape index (κ3) is 5.05. The SMILES string of the molecule is CC(C)N[C@H](C)COc1cccc(Cl)c1. The summed E-state index contributed by atoms with van der Waals surface area (Å²) in [5.41, 5.74) is 0. The molecule has 0 aliphatic carbocycles. The molecule has 0 fully saturated rings. The molecular formula is C12H18ClNO. The summed E-state index contributed by atoms with van der Waals surface area (Å²) in [5, 5.41) is 4.08. The summed E-state index contributed by atoms with van der Waals surface area (Å²) in [5.74, 6) is 0.819. The fourth-order valence-electron chi connectivity index (χ4n) is 1.40. The Hall–Kier alpha value is -0.730. The van der Waals surface area contributed by atoms with Gasteiger partial charge in [0.25, 0.3) is 0 Å². The lowest BCUT2D eigenvalue weighted by Crippen LogP contribution is -2.36. The van der Waals surface area contributed by atoms with Crippen LogP contribution in [-0.2, 0) is 0 Å². The monoisotopic (exact) mass is 227 g/mol. The van der Waals surface area contributed by atoms with Crippen LogP contribution in [0, 0.1) is 0 Å².